The molecule has 2 rings (SSSR count). The standard InChI is InChI=1S/C12H12O4/c1-7-11(15)8(2-3-10(13)14)6-9-4-5-16-12(7)9/h4-6,15H,2-3H2,1H3,(H,13,14). The number of aliphatic carboxylic acids is 1. The lowest BCUT2D eigenvalue weighted by molar-refractivity contribution is -0.136. The zero-order valence-corrected chi connectivity index (χ0v) is 8.86. The van der Waals surface area contributed by atoms with Gasteiger partial charge in [0.2, 0.25) is 0 Å². The minimum absolute atomic E-state index is 0.0103. The Hall–Kier alpha value is -1.97. The minimum atomic E-state index is -0.871. The van der Waals surface area contributed by atoms with E-state index in [1.54, 1.807) is 25.3 Å². The van der Waals surface area contributed by atoms with Gasteiger partial charge in [-0.2, -0.15) is 0 Å². The van der Waals surface area contributed by atoms with Crippen molar-refractivity contribution in [3.8, 4) is 5.75 Å². The molecule has 1 heterocycles. The van der Waals surface area contributed by atoms with Gasteiger partial charge in [0.1, 0.15) is 11.3 Å². The zero-order valence-electron chi connectivity index (χ0n) is 8.86. The van der Waals surface area contributed by atoms with Gasteiger partial charge in [0.15, 0.2) is 0 Å². The molecule has 4 heteroatoms. The first kappa shape index (κ1) is 10.5. The Morgan fingerprint density at radius 3 is 2.94 bits per heavy atom. The van der Waals surface area contributed by atoms with Crippen LogP contribution >= 0.6 is 0 Å². The summed E-state index contributed by atoms with van der Waals surface area (Å²) >= 11 is 0. The fourth-order valence-electron chi connectivity index (χ4n) is 1.77. The van der Waals surface area contributed by atoms with Crippen molar-refractivity contribution in [2.24, 2.45) is 0 Å². The molecule has 0 amide bonds. The third-order valence-electron chi connectivity index (χ3n) is 2.63. The highest BCUT2D eigenvalue weighted by Crippen LogP contribution is 2.31. The highest BCUT2D eigenvalue weighted by Gasteiger charge is 2.12. The lowest BCUT2D eigenvalue weighted by Crippen LogP contribution is -1.98. The predicted octanol–water partition coefficient (Wildman–Crippen LogP) is 2.46. The molecule has 2 aromatic rings. The van der Waals surface area contributed by atoms with Crippen LogP contribution < -0.4 is 0 Å². The van der Waals surface area contributed by atoms with Gasteiger partial charge in [0.05, 0.1) is 6.26 Å². The van der Waals surface area contributed by atoms with Gasteiger partial charge >= 0.3 is 5.97 Å². The van der Waals surface area contributed by atoms with Crippen molar-refractivity contribution < 1.29 is 19.4 Å². The van der Waals surface area contributed by atoms with Crippen molar-refractivity contribution in [1.82, 2.24) is 0 Å². The fourth-order valence-corrected chi connectivity index (χ4v) is 1.77. The van der Waals surface area contributed by atoms with Crippen molar-refractivity contribution in [3.05, 3.63) is 29.5 Å². The van der Waals surface area contributed by atoms with E-state index in [1.807, 2.05) is 0 Å². The highest BCUT2D eigenvalue weighted by atomic mass is 16.4. The molecule has 4 nitrogen and oxygen atoms in total. The molecule has 0 radical (unpaired) electrons. The number of carbonyl (C=O) groups is 1. The lowest BCUT2D eigenvalue weighted by Gasteiger charge is -2.06. The molecule has 0 unspecified atom stereocenters. The Balaban J connectivity index is 2.44. The molecule has 1 aromatic carbocycles. The summed E-state index contributed by atoms with van der Waals surface area (Å²) < 4.78 is 5.23. The maximum Gasteiger partial charge on any atom is 0.303 e. The van der Waals surface area contributed by atoms with E-state index in [9.17, 15) is 9.90 Å². The Labute approximate surface area is 92.1 Å². The topological polar surface area (TPSA) is 70.7 Å². The van der Waals surface area contributed by atoms with Gasteiger partial charge in [-0.3, -0.25) is 4.79 Å². The number of carboxylic acid groups (broad SMARTS) is 1. The van der Waals surface area contributed by atoms with Gasteiger partial charge < -0.3 is 14.6 Å². The first-order chi connectivity index (χ1) is 7.59. The van der Waals surface area contributed by atoms with Gasteiger partial charge in [-0.1, -0.05) is 0 Å². The van der Waals surface area contributed by atoms with E-state index in [0.29, 0.717) is 23.1 Å². The van der Waals surface area contributed by atoms with E-state index in [4.69, 9.17) is 9.52 Å². The number of carboxylic acids is 1. The van der Waals surface area contributed by atoms with Crippen LogP contribution in [-0.4, -0.2) is 16.2 Å². The van der Waals surface area contributed by atoms with Gasteiger partial charge in [-0.25, -0.2) is 0 Å². The monoisotopic (exact) mass is 220 g/mol. The van der Waals surface area contributed by atoms with Crippen molar-refractivity contribution >= 4 is 16.9 Å². The number of benzene rings is 1. The molecule has 0 aliphatic carbocycles. The third kappa shape index (κ3) is 1.74. The molecule has 0 fully saturated rings. The average molecular weight is 220 g/mol. The van der Waals surface area contributed by atoms with E-state index in [1.165, 1.54) is 0 Å². The summed E-state index contributed by atoms with van der Waals surface area (Å²) in [6.45, 7) is 1.76. The molecule has 0 saturated heterocycles. The maximum absolute atomic E-state index is 10.5. The molecule has 16 heavy (non-hydrogen) atoms. The summed E-state index contributed by atoms with van der Waals surface area (Å²) in [5.74, 6) is -0.743. The van der Waals surface area contributed by atoms with E-state index in [2.05, 4.69) is 0 Å². The van der Waals surface area contributed by atoms with E-state index < -0.39 is 5.97 Å². The molecule has 0 saturated carbocycles. The van der Waals surface area contributed by atoms with E-state index >= 15 is 0 Å². The second-order valence-electron chi connectivity index (χ2n) is 3.74. The van der Waals surface area contributed by atoms with Crippen LogP contribution in [0.3, 0.4) is 0 Å². The lowest BCUT2D eigenvalue weighted by atomic mass is 10.0. The number of hydrogen-bond acceptors (Lipinski definition) is 3. The molecule has 84 valence electrons. The summed E-state index contributed by atoms with van der Waals surface area (Å²) in [4.78, 5) is 10.5. The normalized spacial score (nSPS) is 10.8. The Morgan fingerprint density at radius 1 is 1.50 bits per heavy atom. The summed E-state index contributed by atoms with van der Waals surface area (Å²) in [5, 5.41) is 19.4. The summed E-state index contributed by atoms with van der Waals surface area (Å²) in [6, 6.07) is 3.57. The summed E-state index contributed by atoms with van der Waals surface area (Å²) in [6.07, 6.45) is 1.89. The van der Waals surface area contributed by atoms with Gasteiger partial charge in [-0.15, -0.1) is 0 Å². The van der Waals surface area contributed by atoms with Gasteiger partial charge in [-0.05, 0) is 31.0 Å². The molecule has 0 bridgehead atoms. The molecular weight excluding hydrogens is 208 g/mol. The molecule has 1 aromatic heterocycles. The molecule has 2 N–H and O–H groups in total. The first-order valence-electron chi connectivity index (χ1n) is 5.00. The summed E-state index contributed by atoms with van der Waals surface area (Å²) in [7, 11) is 0. The molecular formula is C12H12O4. The third-order valence-corrected chi connectivity index (χ3v) is 2.63. The summed E-state index contributed by atoms with van der Waals surface area (Å²) in [5.41, 5.74) is 1.95. The van der Waals surface area contributed by atoms with E-state index in [-0.39, 0.29) is 12.2 Å². The van der Waals surface area contributed by atoms with Gasteiger partial charge in [0, 0.05) is 17.4 Å². The van der Waals surface area contributed by atoms with Crippen LogP contribution in [0.2, 0.25) is 0 Å². The van der Waals surface area contributed by atoms with Crippen LogP contribution in [-0.2, 0) is 11.2 Å². The average Bonchev–Trinajstić information content (AvgIpc) is 2.69. The number of phenolic OH excluding ortho intramolecular Hbond substituents is 1. The van der Waals surface area contributed by atoms with Crippen molar-refractivity contribution in [2.45, 2.75) is 19.8 Å². The second kappa shape index (κ2) is 3.89. The number of rotatable bonds is 3. The minimum Gasteiger partial charge on any atom is -0.507 e. The maximum atomic E-state index is 10.5. The highest BCUT2D eigenvalue weighted by molar-refractivity contribution is 5.84. The molecule has 0 spiro atoms. The zero-order chi connectivity index (χ0) is 11.7. The molecule has 0 aliphatic heterocycles. The Bertz CT molecular complexity index is 539. The first-order valence-corrected chi connectivity index (χ1v) is 5.00. The Kier molecular flexibility index (Phi) is 2.56. The van der Waals surface area contributed by atoms with Crippen molar-refractivity contribution in [1.29, 1.82) is 0 Å². The number of fused-ring (bicyclic) bond motifs is 1. The molecule has 0 aliphatic rings. The number of furan rings is 1. The smallest absolute Gasteiger partial charge is 0.303 e. The van der Waals surface area contributed by atoms with Crippen LogP contribution in [0.15, 0.2) is 22.8 Å². The fraction of sp³-hybridized carbons (Fsp3) is 0.250. The van der Waals surface area contributed by atoms with Crippen LogP contribution in [0.4, 0.5) is 0 Å². The van der Waals surface area contributed by atoms with Crippen LogP contribution in [0.5, 0.6) is 5.75 Å². The van der Waals surface area contributed by atoms with Crippen LogP contribution in [0.1, 0.15) is 17.5 Å². The van der Waals surface area contributed by atoms with Crippen LogP contribution in [0.25, 0.3) is 11.0 Å². The SMILES string of the molecule is Cc1c(O)c(CCC(=O)O)cc2ccoc12. The molecule has 0 atom stereocenters. The number of aromatic hydroxyl groups is 1. The largest absolute Gasteiger partial charge is 0.507 e. The Morgan fingerprint density at radius 2 is 2.25 bits per heavy atom. The van der Waals surface area contributed by atoms with Crippen molar-refractivity contribution in [3.63, 3.8) is 0 Å². The quantitative estimate of drug-likeness (QED) is 0.833. The van der Waals surface area contributed by atoms with Crippen LogP contribution in [0, 0.1) is 6.92 Å². The number of hydrogen-bond donors (Lipinski definition) is 2. The second-order valence-corrected chi connectivity index (χ2v) is 3.74. The van der Waals surface area contributed by atoms with Gasteiger partial charge in [0.25, 0.3) is 0 Å². The predicted molar refractivity (Wildman–Crippen MR) is 58.6 cm³/mol. The van der Waals surface area contributed by atoms with E-state index in [0.717, 1.165) is 5.39 Å². The number of aryl methyl sites for hydroxylation is 2. The van der Waals surface area contributed by atoms with Crippen molar-refractivity contribution in [2.75, 3.05) is 0 Å². The number of phenols is 1.